The minimum absolute atomic E-state index is 0.0817. The van der Waals surface area contributed by atoms with Gasteiger partial charge in [0.2, 0.25) is 0 Å². The van der Waals surface area contributed by atoms with Crippen LogP contribution in [0.3, 0.4) is 0 Å². The molecule has 0 aliphatic heterocycles. The summed E-state index contributed by atoms with van der Waals surface area (Å²) in [5.41, 5.74) is 15.9. The fraction of sp³-hybridized carbons (Fsp3) is 0.102. The van der Waals surface area contributed by atoms with Crippen molar-refractivity contribution in [2.45, 2.75) is 38.5 Å². The molecule has 0 saturated carbocycles. The van der Waals surface area contributed by atoms with Gasteiger partial charge in [0.1, 0.15) is 22.3 Å². The molecular formula is C59H39N3O2. The van der Waals surface area contributed by atoms with Crippen molar-refractivity contribution < 1.29 is 8.83 Å². The second kappa shape index (κ2) is 12.4. The Bertz CT molecular complexity index is 4030. The van der Waals surface area contributed by atoms with Crippen LogP contribution >= 0.6 is 0 Å². The Morgan fingerprint density at radius 1 is 0.359 bits per heavy atom. The highest BCUT2D eigenvalue weighted by molar-refractivity contribution is 6.18. The number of furan rings is 2. The first-order valence-corrected chi connectivity index (χ1v) is 22.1. The minimum Gasteiger partial charge on any atom is -0.456 e. The lowest BCUT2D eigenvalue weighted by Crippen LogP contribution is -2.15. The zero-order valence-electron chi connectivity index (χ0n) is 35.7. The molecule has 2 aliphatic rings. The molecule has 3 aromatic heterocycles. The van der Waals surface area contributed by atoms with Gasteiger partial charge in [-0.3, -0.25) is 0 Å². The predicted molar refractivity (Wildman–Crippen MR) is 261 cm³/mol. The number of hydrogen-bond donors (Lipinski definition) is 0. The average Bonchev–Trinajstić information content (AvgIpc) is 4.03. The van der Waals surface area contributed by atoms with Gasteiger partial charge in [0.05, 0.1) is 0 Å². The standard InChI is InChI=1S/C59H39N3O2/c1-58(2)45-17-9-5-13-36(45)42-30-41-33(29-47(42)58)23-21-32-22-24-34(27-40(32)41)55-60-56(35-25-26-51-43(28-35)37-14-7-11-19-49(37)63-51)62-57(61-55)44-31-48-53(38-15-6-10-18-46(38)59(48,3)4)54-52(44)39-16-8-12-20-50(39)64-54/h5-31H,1-4H3. The molecule has 302 valence electrons. The highest BCUT2D eigenvalue weighted by atomic mass is 16.3. The molecular weight excluding hydrogens is 783 g/mol. The van der Waals surface area contributed by atoms with Crippen LogP contribution in [0, 0.1) is 0 Å². The van der Waals surface area contributed by atoms with Gasteiger partial charge in [-0.1, -0.05) is 137 Å². The topological polar surface area (TPSA) is 65.0 Å². The summed E-state index contributed by atoms with van der Waals surface area (Å²) in [5.74, 6) is 1.79. The van der Waals surface area contributed by atoms with Crippen molar-refractivity contribution >= 4 is 65.4 Å². The van der Waals surface area contributed by atoms with Crippen molar-refractivity contribution in [3.05, 3.63) is 186 Å². The van der Waals surface area contributed by atoms with E-state index in [1.165, 1.54) is 55.1 Å². The Labute approximate surface area is 368 Å². The highest BCUT2D eigenvalue weighted by Crippen LogP contribution is 2.55. The molecule has 2 aliphatic carbocycles. The molecule has 0 saturated heterocycles. The maximum atomic E-state index is 6.89. The smallest absolute Gasteiger partial charge is 0.164 e. The van der Waals surface area contributed by atoms with Gasteiger partial charge in [-0.05, 0) is 115 Å². The summed E-state index contributed by atoms with van der Waals surface area (Å²) < 4.78 is 13.2. The quantitative estimate of drug-likeness (QED) is 0.166. The van der Waals surface area contributed by atoms with E-state index < -0.39 is 0 Å². The minimum atomic E-state index is -0.283. The molecule has 0 bridgehead atoms. The molecule has 0 atom stereocenters. The second-order valence-electron chi connectivity index (χ2n) is 18.7. The number of rotatable bonds is 3. The van der Waals surface area contributed by atoms with Crippen LogP contribution in [0.4, 0.5) is 0 Å². The maximum absolute atomic E-state index is 6.89. The molecule has 0 radical (unpaired) electrons. The molecule has 0 spiro atoms. The fourth-order valence-electron chi connectivity index (χ4n) is 11.2. The third kappa shape index (κ3) is 4.76. The fourth-order valence-corrected chi connectivity index (χ4v) is 11.2. The van der Waals surface area contributed by atoms with Crippen LogP contribution in [0.25, 0.3) is 122 Å². The summed E-state index contributed by atoms with van der Waals surface area (Å²) in [7, 11) is 0. The summed E-state index contributed by atoms with van der Waals surface area (Å²) in [5, 5.41) is 8.87. The first kappa shape index (κ1) is 35.7. The van der Waals surface area contributed by atoms with Gasteiger partial charge in [-0.25, -0.2) is 15.0 Å². The van der Waals surface area contributed by atoms with E-state index in [4.69, 9.17) is 23.8 Å². The Morgan fingerprint density at radius 2 is 0.922 bits per heavy atom. The number of para-hydroxylation sites is 2. The summed E-state index contributed by atoms with van der Waals surface area (Å²) in [6.45, 7) is 9.29. The van der Waals surface area contributed by atoms with E-state index in [0.717, 1.165) is 71.5 Å². The first-order chi connectivity index (χ1) is 31.2. The van der Waals surface area contributed by atoms with E-state index in [0.29, 0.717) is 17.5 Å². The molecule has 5 heteroatoms. The molecule has 0 fully saturated rings. The van der Waals surface area contributed by atoms with E-state index in [1.54, 1.807) is 0 Å². The summed E-state index contributed by atoms with van der Waals surface area (Å²) >= 11 is 0. The Balaban J connectivity index is 1.04. The van der Waals surface area contributed by atoms with E-state index in [-0.39, 0.29) is 10.8 Å². The van der Waals surface area contributed by atoms with Crippen molar-refractivity contribution in [2.75, 3.05) is 0 Å². The highest BCUT2D eigenvalue weighted by Gasteiger charge is 2.39. The van der Waals surface area contributed by atoms with Crippen LogP contribution < -0.4 is 0 Å². The molecule has 14 rings (SSSR count). The van der Waals surface area contributed by atoms with Crippen LogP contribution in [-0.4, -0.2) is 15.0 Å². The third-order valence-corrected chi connectivity index (χ3v) is 14.5. The second-order valence-corrected chi connectivity index (χ2v) is 18.7. The van der Waals surface area contributed by atoms with Gasteiger partial charge in [0, 0.05) is 54.6 Å². The van der Waals surface area contributed by atoms with Crippen LogP contribution in [0.1, 0.15) is 49.9 Å². The van der Waals surface area contributed by atoms with Gasteiger partial charge in [-0.2, -0.15) is 0 Å². The van der Waals surface area contributed by atoms with Gasteiger partial charge < -0.3 is 8.83 Å². The number of benzene rings is 9. The Hall–Kier alpha value is -7.89. The van der Waals surface area contributed by atoms with Crippen LogP contribution in [-0.2, 0) is 10.8 Å². The lowest BCUT2D eigenvalue weighted by atomic mass is 9.81. The Morgan fingerprint density at radius 3 is 1.72 bits per heavy atom. The van der Waals surface area contributed by atoms with Crippen molar-refractivity contribution in [2.24, 2.45) is 0 Å². The zero-order chi connectivity index (χ0) is 42.6. The summed E-state index contributed by atoms with van der Waals surface area (Å²) in [6.07, 6.45) is 0. The predicted octanol–water partition coefficient (Wildman–Crippen LogP) is 15.6. The van der Waals surface area contributed by atoms with Gasteiger partial charge >= 0.3 is 0 Å². The summed E-state index contributed by atoms with van der Waals surface area (Å²) in [6, 6.07) is 58.6. The van der Waals surface area contributed by atoms with Crippen molar-refractivity contribution in [3.63, 3.8) is 0 Å². The molecule has 12 aromatic rings. The largest absolute Gasteiger partial charge is 0.456 e. The molecule has 0 unspecified atom stereocenters. The molecule has 9 aromatic carbocycles. The van der Waals surface area contributed by atoms with Gasteiger partial charge in [0.25, 0.3) is 0 Å². The third-order valence-electron chi connectivity index (χ3n) is 14.5. The van der Waals surface area contributed by atoms with Crippen LogP contribution in [0.15, 0.2) is 173 Å². The van der Waals surface area contributed by atoms with E-state index in [9.17, 15) is 0 Å². The van der Waals surface area contributed by atoms with Crippen molar-refractivity contribution in [3.8, 4) is 56.4 Å². The normalized spacial score (nSPS) is 14.5. The molecule has 3 heterocycles. The molecule has 0 N–H and O–H groups in total. The van der Waals surface area contributed by atoms with Crippen LogP contribution in [0.5, 0.6) is 0 Å². The molecule has 64 heavy (non-hydrogen) atoms. The lowest BCUT2D eigenvalue weighted by Gasteiger charge is -2.22. The number of nitrogens with zero attached hydrogens (tertiary/aromatic N) is 3. The van der Waals surface area contributed by atoms with Crippen molar-refractivity contribution in [1.29, 1.82) is 0 Å². The first-order valence-electron chi connectivity index (χ1n) is 22.1. The Kier molecular flexibility index (Phi) is 6.91. The zero-order valence-corrected chi connectivity index (χ0v) is 35.7. The number of fused-ring (bicyclic) bond motifs is 16. The molecule has 5 nitrogen and oxygen atoms in total. The van der Waals surface area contributed by atoms with Gasteiger partial charge in [-0.15, -0.1) is 0 Å². The monoisotopic (exact) mass is 821 g/mol. The van der Waals surface area contributed by atoms with Crippen molar-refractivity contribution in [1.82, 2.24) is 15.0 Å². The lowest BCUT2D eigenvalue weighted by molar-refractivity contribution is 0.653. The van der Waals surface area contributed by atoms with Crippen LogP contribution in [0.2, 0.25) is 0 Å². The summed E-state index contributed by atoms with van der Waals surface area (Å²) in [4.78, 5) is 16.2. The van der Waals surface area contributed by atoms with E-state index in [2.05, 4.69) is 167 Å². The average molecular weight is 822 g/mol. The van der Waals surface area contributed by atoms with E-state index >= 15 is 0 Å². The maximum Gasteiger partial charge on any atom is 0.164 e. The van der Waals surface area contributed by atoms with Gasteiger partial charge in [0.15, 0.2) is 17.5 Å². The van der Waals surface area contributed by atoms with E-state index in [1.807, 2.05) is 24.3 Å². The molecule has 0 amide bonds. The SMILES string of the molecule is CC1(C)c2ccccc2-c2cc3c(ccc4ccc(-c5nc(-c6ccc7oc8ccccc8c7c6)nc(-c6cc7c(c8oc9ccccc9c68)-c6ccccc6C7(C)C)n5)cc43)cc21. The number of hydrogen-bond acceptors (Lipinski definition) is 5. The number of aromatic nitrogens is 3.